The number of imidazole rings is 1. The summed E-state index contributed by atoms with van der Waals surface area (Å²) in [4.78, 5) is 58.9. The van der Waals surface area contributed by atoms with Crippen molar-refractivity contribution in [2.75, 3.05) is 6.54 Å². The fourth-order valence-corrected chi connectivity index (χ4v) is 5.03. The summed E-state index contributed by atoms with van der Waals surface area (Å²) in [6.07, 6.45) is 0.967. The van der Waals surface area contributed by atoms with Crippen LogP contribution in [-0.4, -0.2) is 85.8 Å². The molecule has 1 aromatic heterocycles. The van der Waals surface area contributed by atoms with Gasteiger partial charge in [-0.3, -0.25) is 14.4 Å². The highest BCUT2D eigenvalue weighted by molar-refractivity contribution is 6.31. The number of carboxylic acid groups (broad SMARTS) is 1. The molecule has 5 atom stereocenters. The maximum atomic E-state index is 13.6. The van der Waals surface area contributed by atoms with Gasteiger partial charge in [-0.2, -0.15) is 0 Å². The molecule has 1 aliphatic rings. The van der Waals surface area contributed by atoms with Crippen LogP contribution in [0.15, 0.2) is 48.9 Å². The summed E-state index contributed by atoms with van der Waals surface area (Å²) in [7, 11) is 0. The maximum absolute atomic E-state index is 13.6. The molecule has 3 amide bonds. The number of rotatable bonds is 8. The number of halogens is 1. The average Bonchev–Trinajstić information content (AvgIpc) is 3.50. The van der Waals surface area contributed by atoms with Crippen LogP contribution < -0.4 is 27.4 Å². The number of carboxylic acids is 1. The van der Waals surface area contributed by atoms with Crippen molar-refractivity contribution in [3.63, 3.8) is 0 Å². The number of aliphatic carboxylic acids is 1. The molecule has 44 heavy (non-hydrogen) atoms. The molecule has 0 fully saturated rings. The molecule has 1 aliphatic heterocycles. The fraction of sp³-hybridized carbons (Fsp3) is 0.345. The lowest BCUT2D eigenvalue weighted by Gasteiger charge is -2.26. The number of amides is 3. The minimum atomic E-state index is -1.37. The molecular weight excluding hydrogens is 594 g/mol. The van der Waals surface area contributed by atoms with Gasteiger partial charge in [0.05, 0.1) is 18.5 Å². The van der Waals surface area contributed by atoms with Crippen LogP contribution in [0.1, 0.15) is 23.2 Å². The van der Waals surface area contributed by atoms with Gasteiger partial charge in [0, 0.05) is 49.1 Å². The van der Waals surface area contributed by atoms with E-state index in [9.17, 15) is 34.5 Å². The third kappa shape index (κ3) is 8.11. The van der Waals surface area contributed by atoms with E-state index in [0.29, 0.717) is 27.9 Å². The third-order valence-corrected chi connectivity index (χ3v) is 7.67. The first kappa shape index (κ1) is 32.4. The number of hydrogen-bond acceptors (Lipinski definition) is 9. The minimum absolute atomic E-state index is 0.0718. The van der Waals surface area contributed by atoms with E-state index in [4.69, 9.17) is 23.1 Å². The number of aliphatic hydroxyl groups is 1. The number of carbonyl (C=O) groups is 4. The Balaban J connectivity index is 1.75. The highest BCUT2D eigenvalue weighted by Crippen LogP contribution is 2.30. The van der Waals surface area contributed by atoms with Gasteiger partial charge in [-0.05, 0) is 46.5 Å². The van der Waals surface area contributed by atoms with Crippen molar-refractivity contribution in [1.82, 2.24) is 25.9 Å². The first-order chi connectivity index (χ1) is 20.9. The molecule has 0 aliphatic carbocycles. The van der Waals surface area contributed by atoms with Gasteiger partial charge in [-0.25, -0.2) is 9.78 Å². The van der Waals surface area contributed by atoms with E-state index in [1.807, 2.05) is 0 Å². The topological polar surface area (TPSA) is 246 Å². The standard InChI is InChI=1S/C29H34ClN7O7/c30-20-3-1-14-5-16(20)8-22(27(41)37-24(29(43)44)9-18-12-33-13-34-18)36-28(42)23(10-19(38)11-31)35-26(40)21(32)7-17-6-15(14)2-4-25(17)39/h1-6,12-13,19,21-24,38-39H,7-11,31-32H2,(H,33,34)(H,35,40)(H,36,42)(H,37,41)(H,43,44)/t19-,21+,22+,23+,24+/m1/s1. The predicted octanol–water partition coefficient (Wildman–Crippen LogP) is -0.647. The number of nitrogens with one attached hydrogen (secondary N) is 4. The molecule has 0 saturated carbocycles. The van der Waals surface area contributed by atoms with Crippen molar-refractivity contribution >= 4 is 35.3 Å². The van der Waals surface area contributed by atoms with Crippen molar-refractivity contribution < 1.29 is 34.5 Å². The number of benzene rings is 2. The summed E-state index contributed by atoms with van der Waals surface area (Å²) >= 11 is 6.52. The molecule has 2 heterocycles. The van der Waals surface area contributed by atoms with Crippen molar-refractivity contribution in [3.8, 4) is 16.9 Å². The van der Waals surface area contributed by atoms with Gasteiger partial charge in [-0.1, -0.05) is 23.7 Å². The number of hydrogen-bond donors (Lipinski definition) is 9. The van der Waals surface area contributed by atoms with Crippen LogP contribution in [0.5, 0.6) is 5.75 Å². The lowest BCUT2D eigenvalue weighted by atomic mass is 9.95. The normalized spacial score (nSPS) is 20.3. The molecule has 11 N–H and O–H groups in total. The van der Waals surface area contributed by atoms with E-state index in [0.717, 1.165) is 0 Å². The molecule has 0 spiro atoms. The lowest BCUT2D eigenvalue weighted by Crippen LogP contribution is -2.58. The van der Waals surface area contributed by atoms with Crippen molar-refractivity contribution in [2.24, 2.45) is 11.5 Å². The Morgan fingerprint density at radius 2 is 1.77 bits per heavy atom. The van der Waals surface area contributed by atoms with Gasteiger partial charge in [0.25, 0.3) is 0 Å². The second-order valence-corrected chi connectivity index (χ2v) is 11.0. The van der Waals surface area contributed by atoms with E-state index < -0.39 is 54.0 Å². The Bertz CT molecular complexity index is 1520. The number of aromatic hydroxyl groups is 1. The average molecular weight is 628 g/mol. The number of fused-ring (bicyclic) bond motifs is 5. The molecule has 4 bridgehead atoms. The van der Waals surface area contributed by atoms with Gasteiger partial charge in [0.1, 0.15) is 23.9 Å². The summed E-state index contributed by atoms with van der Waals surface area (Å²) < 4.78 is 0. The smallest absolute Gasteiger partial charge is 0.326 e. The van der Waals surface area contributed by atoms with Crippen LogP contribution in [-0.2, 0) is 38.4 Å². The molecule has 0 saturated heterocycles. The number of aliphatic hydroxyl groups excluding tert-OH is 1. The van der Waals surface area contributed by atoms with Crippen LogP contribution in [0.25, 0.3) is 11.1 Å². The lowest BCUT2D eigenvalue weighted by molar-refractivity contribution is -0.142. The largest absolute Gasteiger partial charge is 0.508 e. The Labute approximate surface area is 257 Å². The summed E-state index contributed by atoms with van der Waals surface area (Å²) in [5, 5.41) is 38.3. The first-order valence-electron chi connectivity index (χ1n) is 13.8. The van der Waals surface area contributed by atoms with Gasteiger partial charge >= 0.3 is 5.97 Å². The molecule has 0 radical (unpaired) electrons. The second-order valence-electron chi connectivity index (χ2n) is 10.6. The molecule has 15 heteroatoms. The third-order valence-electron chi connectivity index (χ3n) is 7.30. The van der Waals surface area contributed by atoms with Gasteiger partial charge in [0.15, 0.2) is 0 Å². The van der Waals surface area contributed by atoms with Crippen molar-refractivity contribution in [1.29, 1.82) is 0 Å². The quantitative estimate of drug-likeness (QED) is 0.153. The molecule has 0 unspecified atom stereocenters. The van der Waals surface area contributed by atoms with E-state index in [1.165, 1.54) is 18.6 Å². The van der Waals surface area contributed by atoms with Crippen molar-refractivity contribution in [3.05, 3.63) is 70.8 Å². The van der Waals surface area contributed by atoms with Crippen LogP contribution in [0, 0.1) is 0 Å². The van der Waals surface area contributed by atoms with Crippen LogP contribution in [0.4, 0.5) is 0 Å². The Hall–Kier alpha value is -4.50. The minimum Gasteiger partial charge on any atom is -0.508 e. The van der Waals surface area contributed by atoms with Crippen molar-refractivity contribution in [2.45, 2.75) is 56.0 Å². The van der Waals surface area contributed by atoms with E-state index in [-0.39, 0.29) is 43.0 Å². The number of nitrogens with zero attached hydrogens (tertiary/aromatic N) is 1. The second kappa shape index (κ2) is 14.3. The SMILES string of the molecule is NC[C@H](O)C[C@@H]1NC(=O)[C@@H](N)Cc2cc(ccc2O)-c2ccc(Cl)c(c2)C[C@@H](C(=O)N[C@@H](Cc2cnc[nH]2)C(=O)O)NC1=O. The Morgan fingerprint density at radius 3 is 2.43 bits per heavy atom. The molecular formula is C29H34ClN7O7. The van der Waals surface area contributed by atoms with Gasteiger partial charge in [-0.15, -0.1) is 0 Å². The summed E-state index contributed by atoms with van der Waals surface area (Å²) in [6.45, 7) is -0.216. The molecule has 3 aromatic rings. The molecule has 4 rings (SSSR count). The molecule has 234 valence electrons. The fourth-order valence-electron chi connectivity index (χ4n) is 4.84. The van der Waals surface area contributed by atoms with E-state index in [2.05, 4.69) is 25.9 Å². The monoisotopic (exact) mass is 627 g/mol. The molecule has 2 aromatic carbocycles. The predicted molar refractivity (Wildman–Crippen MR) is 159 cm³/mol. The highest BCUT2D eigenvalue weighted by Gasteiger charge is 2.32. The van der Waals surface area contributed by atoms with Crippen LogP contribution >= 0.6 is 11.6 Å². The number of phenolic OH excluding ortho intramolecular Hbond substituents is 1. The van der Waals surface area contributed by atoms with Gasteiger partial charge in [0.2, 0.25) is 17.7 Å². The Kier molecular flexibility index (Phi) is 10.5. The highest BCUT2D eigenvalue weighted by atomic mass is 35.5. The number of nitrogens with two attached hydrogens (primary N) is 2. The first-order valence-corrected chi connectivity index (χ1v) is 14.2. The zero-order valence-electron chi connectivity index (χ0n) is 23.5. The zero-order valence-corrected chi connectivity index (χ0v) is 24.3. The summed E-state index contributed by atoms with van der Waals surface area (Å²) in [5.74, 6) is -3.81. The number of aromatic amines is 1. The zero-order chi connectivity index (χ0) is 32.0. The van der Waals surface area contributed by atoms with E-state index >= 15 is 0 Å². The van der Waals surface area contributed by atoms with Gasteiger partial charge < -0.3 is 47.7 Å². The Morgan fingerprint density at radius 1 is 1.07 bits per heavy atom. The molecule has 14 nitrogen and oxygen atoms in total. The maximum Gasteiger partial charge on any atom is 0.326 e. The number of phenols is 1. The number of H-pyrrole nitrogens is 1. The summed E-state index contributed by atoms with van der Waals surface area (Å²) in [5.41, 5.74) is 14.3. The number of aromatic nitrogens is 2. The van der Waals surface area contributed by atoms with Crippen LogP contribution in [0.2, 0.25) is 5.02 Å². The summed E-state index contributed by atoms with van der Waals surface area (Å²) in [6, 6.07) is 4.57. The number of carbonyl (C=O) groups excluding carboxylic acids is 3. The van der Waals surface area contributed by atoms with Crippen LogP contribution in [0.3, 0.4) is 0 Å². The van der Waals surface area contributed by atoms with E-state index in [1.54, 1.807) is 30.3 Å².